The normalized spacial score (nSPS) is 13.4. The molecule has 2 heterocycles. The molecule has 0 bridgehead atoms. The number of aliphatic hydroxyl groups is 1. The molecule has 126 valence electrons. The first-order valence-electron chi connectivity index (χ1n) is 7.87. The van der Waals surface area contributed by atoms with Crippen molar-refractivity contribution in [3.8, 4) is 16.9 Å². The second kappa shape index (κ2) is 6.47. The van der Waals surface area contributed by atoms with Gasteiger partial charge in [0.15, 0.2) is 0 Å². The zero-order valence-electron chi connectivity index (χ0n) is 13.5. The predicted octanol–water partition coefficient (Wildman–Crippen LogP) is 5.93. The number of nitrogens with one attached hydrogen (secondary N) is 1. The smallest absolute Gasteiger partial charge is 0.132 e. The fourth-order valence-electron chi connectivity index (χ4n) is 3.05. The summed E-state index contributed by atoms with van der Waals surface area (Å²) in [4.78, 5) is 0. The Balaban J connectivity index is 1.88. The van der Waals surface area contributed by atoms with Gasteiger partial charge in [-0.2, -0.15) is 0 Å². The van der Waals surface area contributed by atoms with Crippen molar-refractivity contribution >= 4 is 39.3 Å². The van der Waals surface area contributed by atoms with Crippen LogP contribution in [0.2, 0.25) is 4.34 Å². The van der Waals surface area contributed by atoms with Crippen molar-refractivity contribution < 1.29 is 9.84 Å². The van der Waals surface area contributed by atoms with Crippen LogP contribution in [0.15, 0.2) is 54.6 Å². The van der Waals surface area contributed by atoms with Crippen LogP contribution in [0.3, 0.4) is 0 Å². The van der Waals surface area contributed by atoms with Crippen molar-refractivity contribution in [1.82, 2.24) is 0 Å². The molecule has 0 amide bonds. The molecule has 3 nitrogen and oxygen atoms in total. The fraction of sp³-hybridized carbons (Fsp3) is 0.100. The van der Waals surface area contributed by atoms with E-state index in [4.69, 9.17) is 16.3 Å². The third kappa shape index (κ3) is 2.77. The van der Waals surface area contributed by atoms with Gasteiger partial charge in [-0.25, -0.2) is 0 Å². The number of methoxy groups -OCH3 is 1. The second-order valence-corrected chi connectivity index (χ2v) is 7.35. The zero-order chi connectivity index (χ0) is 17.4. The minimum absolute atomic E-state index is 0.286. The molecular weight excluding hydrogens is 354 g/mol. The van der Waals surface area contributed by atoms with Crippen LogP contribution < -0.4 is 10.1 Å². The Kier molecular flexibility index (Phi) is 4.15. The Bertz CT molecular complexity index is 946. The average molecular weight is 370 g/mol. The molecule has 0 spiro atoms. The molecule has 0 atom stereocenters. The van der Waals surface area contributed by atoms with E-state index < -0.39 is 0 Å². The van der Waals surface area contributed by atoms with Gasteiger partial charge in [0.1, 0.15) is 20.8 Å². The van der Waals surface area contributed by atoms with Crippen LogP contribution in [-0.2, 0) is 0 Å². The molecule has 1 aromatic heterocycles. The molecule has 2 aromatic carbocycles. The Hall–Kier alpha value is -2.43. The Morgan fingerprint density at radius 3 is 2.40 bits per heavy atom. The summed E-state index contributed by atoms with van der Waals surface area (Å²) in [5, 5.41) is 15.3. The minimum atomic E-state index is 0.286. The fourth-order valence-corrected chi connectivity index (χ4v) is 4.43. The molecule has 25 heavy (non-hydrogen) atoms. The number of ether oxygens (including phenoxy) is 1. The number of anilines is 1. The number of hydrogen-bond donors (Lipinski definition) is 2. The van der Waals surface area contributed by atoms with E-state index in [0.29, 0.717) is 10.9 Å². The number of aliphatic hydroxyl groups excluding tert-OH is 1. The van der Waals surface area contributed by atoms with Gasteiger partial charge in [-0.05, 0) is 23.3 Å². The molecule has 1 aliphatic rings. The molecule has 4 rings (SSSR count). The number of halogens is 1. The van der Waals surface area contributed by atoms with Crippen LogP contribution in [-0.4, -0.2) is 18.8 Å². The number of hydrogen-bond acceptors (Lipinski definition) is 4. The summed E-state index contributed by atoms with van der Waals surface area (Å²) < 4.78 is 5.88. The third-order valence-corrected chi connectivity index (χ3v) is 5.67. The molecule has 5 heteroatoms. The summed E-state index contributed by atoms with van der Waals surface area (Å²) in [6.07, 6.45) is 0. The lowest BCUT2D eigenvalue weighted by molar-refractivity contribution is 0.415. The molecule has 0 saturated carbocycles. The molecule has 0 radical (unpaired) electrons. The predicted molar refractivity (Wildman–Crippen MR) is 106 cm³/mol. The van der Waals surface area contributed by atoms with Gasteiger partial charge in [-0.1, -0.05) is 54.1 Å². The summed E-state index contributed by atoms with van der Waals surface area (Å²) in [5.74, 6) is 1.07. The van der Waals surface area contributed by atoms with Crippen LogP contribution in [0.1, 0.15) is 11.1 Å². The number of benzene rings is 2. The van der Waals surface area contributed by atoms with E-state index in [9.17, 15) is 5.11 Å². The van der Waals surface area contributed by atoms with Gasteiger partial charge in [0.05, 0.1) is 12.7 Å². The standard InChI is InChI=1S/C20H16ClNO2S/c1-24-14-9-7-13(8-10-14)16-17-18(23)15(12-5-3-2-4-6-12)11-22-20(17)25-19(16)21/h2-10,22-23H,11H2,1H3. The highest BCUT2D eigenvalue weighted by molar-refractivity contribution is 7.21. The summed E-state index contributed by atoms with van der Waals surface area (Å²) >= 11 is 7.97. The van der Waals surface area contributed by atoms with Gasteiger partial charge >= 0.3 is 0 Å². The summed E-state index contributed by atoms with van der Waals surface area (Å²) in [5.41, 5.74) is 4.44. The van der Waals surface area contributed by atoms with Crippen molar-refractivity contribution in [1.29, 1.82) is 0 Å². The lowest BCUT2D eigenvalue weighted by Crippen LogP contribution is -2.12. The molecule has 2 N–H and O–H groups in total. The Morgan fingerprint density at radius 2 is 1.72 bits per heavy atom. The van der Waals surface area contributed by atoms with E-state index in [0.717, 1.165) is 38.6 Å². The van der Waals surface area contributed by atoms with Crippen LogP contribution in [0, 0.1) is 0 Å². The average Bonchev–Trinajstić information content (AvgIpc) is 3.00. The maximum Gasteiger partial charge on any atom is 0.132 e. The van der Waals surface area contributed by atoms with Gasteiger partial charge in [-0.3, -0.25) is 0 Å². The quantitative estimate of drug-likeness (QED) is 0.601. The number of fused-ring (bicyclic) bond motifs is 1. The van der Waals surface area contributed by atoms with Crippen molar-refractivity contribution in [3.63, 3.8) is 0 Å². The monoisotopic (exact) mass is 369 g/mol. The van der Waals surface area contributed by atoms with Crippen molar-refractivity contribution in [2.24, 2.45) is 0 Å². The van der Waals surface area contributed by atoms with Gasteiger partial charge in [0.25, 0.3) is 0 Å². The summed E-state index contributed by atoms with van der Waals surface area (Å²) in [7, 11) is 1.64. The highest BCUT2D eigenvalue weighted by atomic mass is 35.5. The van der Waals surface area contributed by atoms with Crippen LogP contribution in [0.5, 0.6) is 5.75 Å². The Labute approximate surface area is 155 Å². The van der Waals surface area contributed by atoms with Crippen LogP contribution >= 0.6 is 22.9 Å². The van der Waals surface area contributed by atoms with Crippen LogP contribution in [0.25, 0.3) is 22.5 Å². The molecular formula is C20H16ClNO2S. The van der Waals surface area contributed by atoms with E-state index in [-0.39, 0.29) is 5.76 Å². The lowest BCUT2D eigenvalue weighted by Gasteiger charge is -2.20. The highest BCUT2D eigenvalue weighted by Gasteiger charge is 2.27. The van der Waals surface area contributed by atoms with Gasteiger partial charge in [-0.15, -0.1) is 11.3 Å². The number of rotatable bonds is 3. The van der Waals surface area contributed by atoms with E-state index in [1.807, 2.05) is 54.6 Å². The van der Waals surface area contributed by atoms with Gasteiger partial charge < -0.3 is 15.2 Å². The topological polar surface area (TPSA) is 41.5 Å². The first-order chi connectivity index (χ1) is 12.2. The second-order valence-electron chi connectivity index (χ2n) is 5.73. The van der Waals surface area contributed by atoms with Crippen LogP contribution in [0.4, 0.5) is 5.00 Å². The largest absolute Gasteiger partial charge is 0.507 e. The van der Waals surface area contributed by atoms with E-state index in [1.165, 1.54) is 11.3 Å². The van der Waals surface area contributed by atoms with Crippen molar-refractivity contribution in [2.75, 3.05) is 19.0 Å². The maximum absolute atomic E-state index is 11.0. The SMILES string of the molecule is COc1ccc(-c2c(Cl)sc3c2C(O)=C(c2ccccc2)CN3)cc1. The van der Waals surface area contributed by atoms with E-state index >= 15 is 0 Å². The molecule has 0 aliphatic carbocycles. The van der Waals surface area contributed by atoms with E-state index in [1.54, 1.807) is 7.11 Å². The zero-order valence-corrected chi connectivity index (χ0v) is 15.1. The highest BCUT2D eigenvalue weighted by Crippen LogP contribution is 2.49. The Morgan fingerprint density at radius 1 is 1.00 bits per heavy atom. The van der Waals surface area contributed by atoms with Gasteiger partial charge in [0, 0.05) is 17.7 Å². The third-order valence-electron chi connectivity index (χ3n) is 4.31. The molecule has 1 aliphatic heterocycles. The first kappa shape index (κ1) is 16.1. The maximum atomic E-state index is 11.0. The van der Waals surface area contributed by atoms with E-state index in [2.05, 4.69) is 5.32 Å². The molecule has 0 saturated heterocycles. The summed E-state index contributed by atoms with van der Waals surface area (Å²) in [6.45, 7) is 0.571. The first-order valence-corrected chi connectivity index (χ1v) is 9.07. The molecule has 3 aromatic rings. The van der Waals surface area contributed by atoms with Crippen molar-refractivity contribution in [2.45, 2.75) is 0 Å². The minimum Gasteiger partial charge on any atom is -0.507 e. The van der Waals surface area contributed by atoms with Crippen molar-refractivity contribution in [3.05, 3.63) is 70.1 Å². The molecule has 0 fully saturated rings. The number of thiophene rings is 1. The summed E-state index contributed by atoms with van der Waals surface area (Å²) in [6, 6.07) is 17.6. The molecule has 0 unspecified atom stereocenters. The van der Waals surface area contributed by atoms with Gasteiger partial charge in [0.2, 0.25) is 0 Å². The lowest BCUT2D eigenvalue weighted by atomic mass is 9.95.